The van der Waals surface area contributed by atoms with Gasteiger partial charge in [-0.2, -0.15) is 0 Å². The third-order valence-corrected chi connectivity index (χ3v) is 5.24. The average Bonchev–Trinajstić information content (AvgIpc) is 3.62. The highest BCUT2D eigenvalue weighted by molar-refractivity contribution is 6.11. The number of rotatable bonds is 13. The van der Waals surface area contributed by atoms with Gasteiger partial charge in [0, 0.05) is 21.5 Å². The fourth-order valence-corrected chi connectivity index (χ4v) is 3.48. The van der Waals surface area contributed by atoms with Crippen LogP contribution >= 0.6 is 0 Å². The predicted octanol–water partition coefficient (Wildman–Crippen LogP) is 4.69. The molecule has 1 saturated heterocycles. The number of unbranched alkanes of at least 4 members (excludes halogenated alkanes) is 1. The third kappa shape index (κ3) is 5.58. The van der Waals surface area contributed by atoms with Crippen molar-refractivity contribution in [3.05, 3.63) is 42.5 Å². The first kappa shape index (κ1) is 21.7. The number of phenols is 1. The van der Waals surface area contributed by atoms with Crippen LogP contribution in [-0.4, -0.2) is 57.5 Å². The van der Waals surface area contributed by atoms with Crippen LogP contribution in [0, 0.1) is 0 Å². The Hall–Kier alpha value is -2.54. The highest BCUT2D eigenvalue weighted by atomic mass is 16.6. The van der Waals surface area contributed by atoms with Crippen molar-refractivity contribution in [2.45, 2.75) is 25.9 Å². The van der Waals surface area contributed by atoms with Gasteiger partial charge in [0.2, 0.25) is 0 Å². The van der Waals surface area contributed by atoms with Gasteiger partial charge in [0.1, 0.15) is 30.0 Å². The van der Waals surface area contributed by atoms with Gasteiger partial charge < -0.3 is 28.8 Å². The Morgan fingerprint density at radius 3 is 2.42 bits per heavy atom. The normalized spacial score (nSPS) is 15.5. The maximum absolute atomic E-state index is 10.9. The van der Waals surface area contributed by atoms with E-state index in [4.69, 9.17) is 23.7 Å². The fraction of sp³-hybridized carbons (Fsp3) is 0.440. The van der Waals surface area contributed by atoms with Crippen LogP contribution in [0.2, 0.25) is 0 Å². The van der Waals surface area contributed by atoms with Crippen LogP contribution in [0.5, 0.6) is 17.2 Å². The summed E-state index contributed by atoms with van der Waals surface area (Å²) in [5.41, 5.74) is 0. The van der Waals surface area contributed by atoms with Gasteiger partial charge >= 0.3 is 0 Å². The maximum Gasteiger partial charge on any atom is 0.135 e. The number of epoxide rings is 1. The number of fused-ring (bicyclic) bond motifs is 2. The Morgan fingerprint density at radius 2 is 1.61 bits per heavy atom. The summed E-state index contributed by atoms with van der Waals surface area (Å²) in [5, 5.41) is 14.1. The van der Waals surface area contributed by atoms with Crippen molar-refractivity contribution >= 4 is 21.5 Å². The molecular weight excluding hydrogens is 396 g/mol. The summed E-state index contributed by atoms with van der Waals surface area (Å²) < 4.78 is 28.2. The molecule has 6 nitrogen and oxygen atoms in total. The largest absolute Gasteiger partial charge is 0.507 e. The Morgan fingerprint density at radius 1 is 0.871 bits per heavy atom. The minimum Gasteiger partial charge on any atom is -0.507 e. The van der Waals surface area contributed by atoms with Gasteiger partial charge in [-0.05, 0) is 24.6 Å². The Balaban J connectivity index is 1.45. The Kier molecular flexibility index (Phi) is 7.46. The molecular formula is C25H30O6. The lowest BCUT2D eigenvalue weighted by Gasteiger charge is -2.16. The van der Waals surface area contributed by atoms with Crippen LogP contribution in [0.1, 0.15) is 19.8 Å². The third-order valence-electron chi connectivity index (χ3n) is 5.24. The zero-order valence-electron chi connectivity index (χ0n) is 18.0. The molecule has 6 heteroatoms. The van der Waals surface area contributed by atoms with E-state index in [9.17, 15) is 5.11 Å². The van der Waals surface area contributed by atoms with E-state index in [1.807, 2.05) is 42.5 Å². The number of ether oxygens (including phenoxy) is 5. The second kappa shape index (κ2) is 10.7. The topological polar surface area (TPSA) is 69.7 Å². The Labute approximate surface area is 182 Å². The van der Waals surface area contributed by atoms with E-state index in [-0.39, 0.29) is 11.9 Å². The van der Waals surface area contributed by atoms with Gasteiger partial charge in [-0.1, -0.05) is 37.6 Å². The molecule has 0 amide bonds. The molecule has 1 aliphatic heterocycles. The van der Waals surface area contributed by atoms with E-state index < -0.39 is 0 Å². The van der Waals surface area contributed by atoms with Crippen LogP contribution in [0.4, 0.5) is 0 Å². The smallest absolute Gasteiger partial charge is 0.135 e. The zero-order valence-corrected chi connectivity index (χ0v) is 18.0. The van der Waals surface area contributed by atoms with E-state index in [0.29, 0.717) is 39.6 Å². The van der Waals surface area contributed by atoms with Crippen LogP contribution in [0.15, 0.2) is 42.5 Å². The van der Waals surface area contributed by atoms with Gasteiger partial charge in [0.05, 0.1) is 39.6 Å². The van der Waals surface area contributed by atoms with Crippen molar-refractivity contribution in [3.8, 4) is 17.2 Å². The number of hydrogen-bond donors (Lipinski definition) is 1. The van der Waals surface area contributed by atoms with Gasteiger partial charge in [0.25, 0.3) is 0 Å². The van der Waals surface area contributed by atoms with Crippen LogP contribution in [0.3, 0.4) is 0 Å². The molecule has 0 bridgehead atoms. The van der Waals surface area contributed by atoms with Crippen molar-refractivity contribution in [1.29, 1.82) is 0 Å². The number of benzene rings is 3. The quantitative estimate of drug-likeness (QED) is 0.243. The van der Waals surface area contributed by atoms with Gasteiger partial charge in [-0.25, -0.2) is 0 Å². The maximum atomic E-state index is 10.9. The molecule has 1 heterocycles. The first-order valence-corrected chi connectivity index (χ1v) is 11.0. The van der Waals surface area contributed by atoms with Crippen LogP contribution in [0.25, 0.3) is 21.5 Å². The van der Waals surface area contributed by atoms with Gasteiger partial charge in [-0.15, -0.1) is 0 Å². The molecule has 0 saturated carbocycles. The molecule has 4 rings (SSSR count). The second-order valence-electron chi connectivity index (χ2n) is 7.62. The zero-order chi connectivity index (χ0) is 21.5. The highest BCUT2D eigenvalue weighted by Gasteiger charge is 2.22. The first-order chi connectivity index (χ1) is 15.3. The van der Waals surface area contributed by atoms with Crippen LogP contribution in [-0.2, 0) is 14.2 Å². The SMILES string of the molecule is CCCCOc1ccc2c(OCCOCCOCC3CO3)c3ccccc3c(O)c2c1. The predicted molar refractivity (Wildman–Crippen MR) is 120 cm³/mol. The van der Waals surface area contributed by atoms with E-state index >= 15 is 0 Å². The molecule has 0 spiro atoms. The lowest BCUT2D eigenvalue weighted by Crippen LogP contribution is -2.12. The molecule has 1 unspecified atom stereocenters. The van der Waals surface area contributed by atoms with Gasteiger partial charge in [-0.3, -0.25) is 0 Å². The molecule has 166 valence electrons. The molecule has 0 radical (unpaired) electrons. The van der Waals surface area contributed by atoms with E-state index in [1.54, 1.807) is 0 Å². The average molecular weight is 427 g/mol. The molecule has 3 aromatic rings. The van der Waals surface area contributed by atoms with Crippen molar-refractivity contribution in [2.24, 2.45) is 0 Å². The van der Waals surface area contributed by atoms with Gasteiger partial charge in [0.15, 0.2) is 0 Å². The standard InChI is InChI=1S/C25H30O6/c1-2-3-10-29-18-8-9-22-23(15-18)24(26)20-6-4-5-7-21(20)25(22)30-14-13-27-11-12-28-16-19-17-31-19/h4-9,15,19,26H,2-3,10-14,16-17H2,1H3. The summed E-state index contributed by atoms with van der Waals surface area (Å²) in [4.78, 5) is 0. The van der Waals surface area contributed by atoms with Crippen molar-refractivity contribution in [1.82, 2.24) is 0 Å². The summed E-state index contributed by atoms with van der Waals surface area (Å²) >= 11 is 0. The lowest BCUT2D eigenvalue weighted by atomic mass is 10.0. The fourth-order valence-electron chi connectivity index (χ4n) is 3.48. The summed E-state index contributed by atoms with van der Waals surface area (Å²) in [7, 11) is 0. The summed E-state index contributed by atoms with van der Waals surface area (Å²) in [6, 6.07) is 13.5. The monoisotopic (exact) mass is 426 g/mol. The number of hydrogen-bond acceptors (Lipinski definition) is 6. The molecule has 1 atom stereocenters. The number of phenolic OH excluding ortho intramolecular Hbond substituents is 1. The molecule has 1 fully saturated rings. The minimum absolute atomic E-state index is 0.243. The van der Waals surface area contributed by atoms with Crippen molar-refractivity contribution in [2.75, 3.05) is 46.2 Å². The van der Waals surface area contributed by atoms with E-state index in [1.165, 1.54) is 0 Å². The summed E-state index contributed by atoms with van der Waals surface area (Å²) in [6.07, 6.45) is 2.34. The number of aromatic hydroxyl groups is 1. The Bertz CT molecular complexity index is 998. The van der Waals surface area contributed by atoms with Crippen molar-refractivity contribution < 1.29 is 28.8 Å². The summed E-state index contributed by atoms with van der Waals surface area (Å²) in [6.45, 7) is 6.16. The van der Waals surface area contributed by atoms with Crippen molar-refractivity contribution in [3.63, 3.8) is 0 Å². The summed E-state index contributed by atoms with van der Waals surface area (Å²) in [5.74, 6) is 1.73. The molecule has 3 aromatic carbocycles. The molecule has 1 N–H and O–H groups in total. The van der Waals surface area contributed by atoms with Crippen LogP contribution < -0.4 is 9.47 Å². The highest BCUT2D eigenvalue weighted by Crippen LogP contribution is 2.43. The second-order valence-corrected chi connectivity index (χ2v) is 7.62. The first-order valence-electron chi connectivity index (χ1n) is 11.0. The molecule has 31 heavy (non-hydrogen) atoms. The van der Waals surface area contributed by atoms with E-state index in [0.717, 1.165) is 52.5 Å². The molecule has 1 aliphatic rings. The molecule has 0 aromatic heterocycles. The lowest BCUT2D eigenvalue weighted by molar-refractivity contribution is 0.0320. The molecule has 0 aliphatic carbocycles. The minimum atomic E-state index is 0.243. The van der Waals surface area contributed by atoms with E-state index in [2.05, 4.69) is 6.92 Å².